The molecule has 0 aliphatic carbocycles. The molecule has 3 aromatic carbocycles. The fourth-order valence-corrected chi connectivity index (χ4v) is 3.07. The zero-order valence-electron chi connectivity index (χ0n) is 14.4. The van der Waals surface area contributed by atoms with Gasteiger partial charge >= 0.3 is 0 Å². The number of rotatable bonds is 6. The summed E-state index contributed by atoms with van der Waals surface area (Å²) in [5.41, 5.74) is 2.59. The molecule has 0 aliphatic rings. The summed E-state index contributed by atoms with van der Waals surface area (Å²) in [5.74, 6) is 0.533. The molecule has 0 fully saturated rings. The van der Waals surface area contributed by atoms with Gasteiger partial charge in [0.2, 0.25) is 5.91 Å². The van der Waals surface area contributed by atoms with Crippen LogP contribution in [0.5, 0.6) is 5.75 Å². The monoisotopic (exact) mass is 441 g/mol. The molecule has 0 bridgehead atoms. The number of hydrogen-bond donors (Lipinski definition) is 1. The lowest BCUT2D eigenvalue weighted by Gasteiger charge is -2.06. The average Bonchev–Trinajstić information content (AvgIpc) is 2.68. The number of carbonyl (C=O) groups excluding carboxylic acids is 1. The Morgan fingerprint density at radius 2 is 1.78 bits per heavy atom. The van der Waals surface area contributed by atoms with Crippen molar-refractivity contribution in [1.29, 1.82) is 0 Å². The first kappa shape index (κ1) is 19.2. The van der Waals surface area contributed by atoms with Gasteiger partial charge in [-0.1, -0.05) is 70.0 Å². The van der Waals surface area contributed by atoms with E-state index in [4.69, 9.17) is 16.3 Å². The molecule has 0 spiro atoms. The van der Waals surface area contributed by atoms with Crippen LogP contribution in [-0.2, 0) is 11.4 Å². The molecule has 0 saturated carbocycles. The predicted molar refractivity (Wildman–Crippen MR) is 114 cm³/mol. The van der Waals surface area contributed by atoms with Gasteiger partial charge in [0.05, 0.1) is 10.7 Å². The van der Waals surface area contributed by atoms with Crippen LogP contribution in [0.15, 0.2) is 83.3 Å². The van der Waals surface area contributed by atoms with E-state index in [2.05, 4.69) is 21.2 Å². The van der Waals surface area contributed by atoms with Crippen LogP contribution in [0.25, 0.3) is 6.08 Å². The molecule has 3 nitrogen and oxygen atoms in total. The van der Waals surface area contributed by atoms with Crippen LogP contribution in [0.3, 0.4) is 0 Å². The highest BCUT2D eigenvalue weighted by atomic mass is 79.9. The molecule has 0 unspecified atom stereocenters. The highest BCUT2D eigenvalue weighted by Gasteiger charge is 2.03. The summed E-state index contributed by atoms with van der Waals surface area (Å²) in [6.45, 7) is 0.520. The zero-order chi connectivity index (χ0) is 19.1. The fraction of sp³-hybridized carbons (Fsp3) is 0.0455. The standard InChI is InChI=1S/C22H17BrClNO2/c23-18-9-12-21(20(24)14-18)25-22(26)13-8-16-6-10-19(11-7-16)27-15-17-4-2-1-3-5-17/h1-14H,15H2,(H,25,26)/b13-8+. The second-order valence-corrected chi connectivity index (χ2v) is 7.11. The van der Waals surface area contributed by atoms with Crippen molar-refractivity contribution in [3.63, 3.8) is 0 Å². The van der Waals surface area contributed by atoms with Crippen LogP contribution in [-0.4, -0.2) is 5.91 Å². The molecule has 0 aromatic heterocycles. The summed E-state index contributed by atoms with van der Waals surface area (Å²) in [5, 5.41) is 3.23. The predicted octanol–water partition coefficient (Wildman–Crippen LogP) is 6.33. The van der Waals surface area contributed by atoms with Gasteiger partial charge in [-0.15, -0.1) is 0 Å². The van der Waals surface area contributed by atoms with E-state index in [9.17, 15) is 4.79 Å². The molecule has 0 heterocycles. The van der Waals surface area contributed by atoms with Gasteiger partial charge in [0.1, 0.15) is 12.4 Å². The quantitative estimate of drug-likeness (QED) is 0.453. The van der Waals surface area contributed by atoms with E-state index in [-0.39, 0.29) is 5.91 Å². The lowest BCUT2D eigenvalue weighted by molar-refractivity contribution is -0.111. The third-order valence-corrected chi connectivity index (χ3v) is 4.55. The Hall–Kier alpha value is -2.56. The molecule has 3 aromatic rings. The van der Waals surface area contributed by atoms with Gasteiger partial charge in [0, 0.05) is 10.5 Å². The number of amides is 1. The van der Waals surface area contributed by atoms with Gasteiger partial charge in [-0.3, -0.25) is 4.79 Å². The summed E-state index contributed by atoms with van der Waals surface area (Å²) in [6.07, 6.45) is 3.21. The molecule has 1 N–H and O–H groups in total. The number of hydrogen-bond acceptors (Lipinski definition) is 2. The highest BCUT2D eigenvalue weighted by Crippen LogP contribution is 2.25. The SMILES string of the molecule is O=C(/C=C/c1ccc(OCc2ccccc2)cc1)Nc1ccc(Br)cc1Cl. The topological polar surface area (TPSA) is 38.3 Å². The van der Waals surface area contributed by atoms with Crippen molar-refractivity contribution in [3.8, 4) is 5.75 Å². The smallest absolute Gasteiger partial charge is 0.248 e. The third-order valence-electron chi connectivity index (χ3n) is 3.74. The normalized spacial score (nSPS) is 10.7. The Kier molecular flexibility index (Phi) is 6.69. The minimum Gasteiger partial charge on any atom is -0.489 e. The first-order valence-corrected chi connectivity index (χ1v) is 9.48. The molecule has 0 saturated heterocycles. The van der Waals surface area contributed by atoms with Crippen molar-refractivity contribution >= 4 is 45.2 Å². The average molecular weight is 443 g/mol. The summed E-state index contributed by atoms with van der Waals surface area (Å²) in [7, 11) is 0. The molecule has 3 rings (SSSR count). The minimum atomic E-state index is -0.247. The van der Waals surface area contributed by atoms with Gasteiger partial charge in [0.25, 0.3) is 0 Å². The van der Waals surface area contributed by atoms with Crippen molar-refractivity contribution in [2.24, 2.45) is 0 Å². The Balaban J connectivity index is 1.54. The van der Waals surface area contributed by atoms with E-state index in [1.165, 1.54) is 6.08 Å². The first-order valence-electron chi connectivity index (χ1n) is 8.31. The maximum Gasteiger partial charge on any atom is 0.248 e. The maximum atomic E-state index is 12.1. The van der Waals surface area contributed by atoms with Crippen LogP contribution < -0.4 is 10.1 Å². The molecule has 27 heavy (non-hydrogen) atoms. The minimum absolute atomic E-state index is 0.247. The molecule has 0 atom stereocenters. The zero-order valence-corrected chi connectivity index (χ0v) is 16.7. The fourth-order valence-electron chi connectivity index (χ4n) is 2.35. The van der Waals surface area contributed by atoms with Crippen molar-refractivity contribution in [1.82, 2.24) is 0 Å². The second-order valence-electron chi connectivity index (χ2n) is 5.79. The number of benzene rings is 3. The Morgan fingerprint density at radius 1 is 1.04 bits per heavy atom. The van der Waals surface area contributed by atoms with Crippen molar-refractivity contribution in [3.05, 3.63) is 99.5 Å². The van der Waals surface area contributed by atoms with Gasteiger partial charge in [-0.05, 0) is 47.5 Å². The van der Waals surface area contributed by atoms with E-state index in [0.29, 0.717) is 17.3 Å². The molecule has 1 amide bonds. The Bertz CT molecular complexity index is 940. The van der Waals surface area contributed by atoms with Crippen LogP contribution in [0, 0.1) is 0 Å². The Morgan fingerprint density at radius 3 is 2.48 bits per heavy atom. The Labute approximate surface area is 171 Å². The van der Waals surface area contributed by atoms with Crippen LogP contribution >= 0.6 is 27.5 Å². The first-order chi connectivity index (χ1) is 13.1. The molecule has 0 aliphatic heterocycles. The molecule has 136 valence electrons. The number of ether oxygens (including phenoxy) is 1. The lowest BCUT2D eigenvalue weighted by atomic mass is 10.2. The van der Waals surface area contributed by atoms with Crippen molar-refractivity contribution in [2.45, 2.75) is 6.61 Å². The van der Waals surface area contributed by atoms with Gasteiger partial charge in [0.15, 0.2) is 0 Å². The maximum absolute atomic E-state index is 12.1. The highest BCUT2D eigenvalue weighted by molar-refractivity contribution is 9.10. The number of carbonyl (C=O) groups is 1. The number of nitrogens with one attached hydrogen (secondary N) is 1. The van der Waals surface area contributed by atoms with E-state index in [1.807, 2.05) is 60.7 Å². The van der Waals surface area contributed by atoms with Gasteiger partial charge in [-0.25, -0.2) is 0 Å². The number of halogens is 2. The van der Waals surface area contributed by atoms with Crippen molar-refractivity contribution < 1.29 is 9.53 Å². The van der Waals surface area contributed by atoms with Crippen molar-refractivity contribution in [2.75, 3.05) is 5.32 Å². The van der Waals surface area contributed by atoms with Crippen LogP contribution in [0.1, 0.15) is 11.1 Å². The van der Waals surface area contributed by atoms with E-state index < -0.39 is 0 Å². The van der Waals surface area contributed by atoms with Gasteiger partial charge < -0.3 is 10.1 Å². The summed E-state index contributed by atoms with van der Waals surface area (Å²) in [6, 6.07) is 22.8. The van der Waals surface area contributed by atoms with E-state index >= 15 is 0 Å². The molecular formula is C22H17BrClNO2. The molecule has 0 radical (unpaired) electrons. The van der Waals surface area contributed by atoms with Crippen LogP contribution in [0.4, 0.5) is 5.69 Å². The third kappa shape index (κ3) is 5.98. The summed E-state index contributed by atoms with van der Waals surface area (Å²) in [4.78, 5) is 12.1. The molecular weight excluding hydrogens is 426 g/mol. The summed E-state index contributed by atoms with van der Waals surface area (Å²) >= 11 is 9.43. The van der Waals surface area contributed by atoms with Crippen LogP contribution in [0.2, 0.25) is 5.02 Å². The lowest BCUT2D eigenvalue weighted by Crippen LogP contribution is -2.08. The molecule has 5 heteroatoms. The van der Waals surface area contributed by atoms with Gasteiger partial charge in [-0.2, -0.15) is 0 Å². The number of anilines is 1. The second kappa shape index (κ2) is 9.40. The van der Waals surface area contributed by atoms with E-state index in [1.54, 1.807) is 18.2 Å². The summed E-state index contributed by atoms with van der Waals surface area (Å²) < 4.78 is 6.61. The largest absolute Gasteiger partial charge is 0.489 e. The van der Waals surface area contributed by atoms with E-state index in [0.717, 1.165) is 21.3 Å².